The van der Waals surface area contributed by atoms with E-state index in [1.54, 1.807) is 12.1 Å². The average molecular weight is 195 g/mol. The van der Waals surface area contributed by atoms with Crippen molar-refractivity contribution in [3.8, 4) is 0 Å². The summed E-state index contributed by atoms with van der Waals surface area (Å²) in [5, 5.41) is 2.76. The van der Waals surface area contributed by atoms with Crippen molar-refractivity contribution in [2.24, 2.45) is 0 Å². The summed E-state index contributed by atoms with van der Waals surface area (Å²) in [4.78, 5) is 11.1. The number of rotatable bonds is 4. The van der Waals surface area contributed by atoms with Crippen molar-refractivity contribution in [3.63, 3.8) is 0 Å². The number of benzene rings is 1. The lowest BCUT2D eigenvalue weighted by molar-refractivity contribution is -0.121. The maximum atomic E-state index is 12.5. The summed E-state index contributed by atoms with van der Waals surface area (Å²) in [7, 11) is 0. The van der Waals surface area contributed by atoms with Crippen LogP contribution in [0, 0.1) is 5.82 Å². The molecule has 0 heterocycles. The van der Waals surface area contributed by atoms with Crippen molar-refractivity contribution < 1.29 is 9.18 Å². The predicted molar refractivity (Wildman–Crippen MR) is 53.2 cm³/mol. The molecule has 0 aliphatic rings. The molecule has 0 fully saturated rings. The number of amides is 1. The maximum Gasteiger partial charge on any atom is 0.220 e. The molecule has 0 unspecified atom stereocenters. The van der Waals surface area contributed by atoms with Gasteiger partial charge in [-0.3, -0.25) is 4.79 Å². The molecular formula is C11H14FNO. The Kier molecular flexibility index (Phi) is 4.11. The van der Waals surface area contributed by atoms with E-state index in [0.29, 0.717) is 13.0 Å². The number of hydrogen-bond donors (Lipinski definition) is 1. The predicted octanol–water partition coefficient (Wildman–Crippen LogP) is 2.24. The van der Waals surface area contributed by atoms with Crippen LogP contribution in [0.3, 0.4) is 0 Å². The molecule has 0 atom stereocenters. The third-order valence-electron chi connectivity index (χ3n) is 1.88. The quantitative estimate of drug-likeness (QED) is 0.784. The number of hydrogen-bond acceptors (Lipinski definition) is 1. The summed E-state index contributed by atoms with van der Waals surface area (Å²) in [6, 6.07) is 6.12. The standard InChI is InChI=1S/C11H14FNO/c1-2-3-11(14)13-8-9-4-6-10(12)7-5-9/h4-7H,2-3,8H2,1H3,(H,13,14). The molecule has 0 aliphatic heterocycles. The Bertz CT molecular complexity index is 295. The Labute approximate surface area is 83.1 Å². The summed E-state index contributed by atoms with van der Waals surface area (Å²) in [5.74, 6) is -0.217. The van der Waals surface area contributed by atoms with Crippen LogP contribution < -0.4 is 5.32 Å². The van der Waals surface area contributed by atoms with Gasteiger partial charge in [0.1, 0.15) is 5.82 Å². The smallest absolute Gasteiger partial charge is 0.220 e. The SMILES string of the molecule is CCCC(=O)NCc1ccc(F)cc1. The second-order valence-corrected chi connectivity index (χ2v) is 3.15. The Morgan fingerprint density at radius 3 is 2.57 bits per heavy atom. The second-order valence-electron chi connectivity index (χ2n) is 3.15. The first kappa shape index (κ1) is 10.7. The van der Waals surface area contributed by atoms with Gasteiger partial charge in [-0.05, 0) is 24.1 Å². The third-order valence-corrected chi connectivity index (χ3v) is 1.88. The number of nitrogens with one attached hydrogen (secondary N) is 1. The summed E-state index contributed by atoms with van der Waals surface area (Å²) in [6.45, 7) is 2.43. The van der Waals surface area contributed by atoms with Gasteiger partial charge in [0.15, 0.2) is 0 Å². The minimum absolute atomic E-state index is 0.0387. The highest BCUT2D eigenvalue weighted by Gasteiger charge is 1.98. The Hall–Kier alpha value is -1.38. The fourth-order valence-electron chi connectivity index (χ4n) is 1.12. The molecular weight excluding hydrogens is 181 g/mol. The first-order chi connectivity index (χ1) is 6.72. The molecule has 1 rings (SSSR count). The van der Waals surface area contributed by atoms with Crippen molar-refractivity contribution in [1.29, 1.82) is 0 Å². The van der Waals surface area contributed by atoms with Crippen LogP contribution in [0.2, 0.25) is 0 Å². The molecule has 1 aromatic rings. The summed E-state index contributed by atoms with van der Waals surface area (Å²) >= 11 is 0. The highest BCUT2D eigenvalue weighted by atomic mass is 19.1. The lowest BCUT2D eigenvalue weighted by atomic mass is 10.2. The molecule has 0 aliphatic carbocycles. The van der Waals surface area contributed by atoms with Gasteiger partial charge >= 0.3 is 0 Å². The molecule has 76 valence electrons. The Balaban J connectivity index is 2.38. The highest BCUT2D eigenvalue weighted by Crippen LogP contribution is 2.02. The molecule has 2 nitrogen and oxygen atoms in total. The molecule has 14 heavy (non-hydrogen) atoms. The lowest BCUT2D eigenvalue weighted by Gasteiger charge is -2.03. The van der Waals surface area contributed by atoms with Crippen LogP contribution in [0.25, 0.3) is 0 Å². The van der Waals surface area contributed by atoms with E-state index in [0.717, 1.165) is 12.0 Å². The molecule has 0 bridgehead atoms. The van der Waals surface area contributed by atoms with E-state index in [1.165, 1.54) is 12.1 Å². The van der Waals surface area contributed by atoms with Gasteiger partial charge in [-0.15, -0.1) is 0 Å². The third kappa shape index (κ3) is 3.56. The van der Waals surface area contributed by atoms with Gasteiger partial charge in [0, 0.05) is 13.0 Å². The summed E-state index contributed by atoms with van der Waals surface area (Å²) < 4.78 is 12.5. The lowest BCUT2D eigenvalue weighted by Crippen LogP contribution is -2.21. The van der Waals surface area contributed by atoms with E-state index in [2.05, 4.69) is 5.32 Å². The molecule has 1 N–H and O–H groups in total. The Morgan fingerprint density at radius 1 is 1.36 bits per heavy atom. The first-order valence-corrected chi connectivity index (χ1v) is 4.73. The topological polar surface area (TPSA) is 29.1 Å². The van der Waals surface area contributed by atoms with Gasteiger partial charge in [0.2, 0.25) is 5.91 Å². The van der Waals surface area contributed by atoms with Crippen LogP contribution in [0.1, 0.15) is 25.3 Å². The van der Waals surface area contributed by atoms with Gasteiger partial charge in [-0.2, -0.15) is 0 Å². The van der Waals surface area contributed by atoms with Crippen molar-refractivity contribution in [2.75, 3.05) is 0 Å². The minimum Gasteiger partial charge on any atom is -0.352 e. The van der Waals surface area contributed by atoms with E-state index in [4.69, 9.17) is 0 Å². The van der Waals surface area contributed by atoms with Crippen molar-refractivity contribution in [3.05, 3.63) is 35.6 Å². The number of carbonyl (C=O) groups excluding carboxylic acids is 1. The fraction of sp³-hybridized carbons (Fsp3) is 0.364. The van der Waals surface area contributed by atoms with Crippen LogP contribution in [0.5, 0.6) is 0 Å². The van der Waals surface area contributed by atoms with E-state index in [1.807, 2.05) is 6.92 Å². The second kappa shape index (κ2) is 5.37. The Morgan fingerprint density at radius 2 is 2.00 bits per heavy atom. The van der Waals surface area contributed by atoms with Crippen molar-refractivity contribution in [2.45, 2.75) is 26.3 Å². The largest absolute Gasteiger partial charge is 0.352 e. The van der Waals surface area contributed by atoms with Gasteiger partial charge in [0.25, 0.3) is 0 Å². The molecule has 0 saturated heterocycles. The van der Waals surface area contributed by atoms with E-state index >= 15 is 0 Å². The number of carbonyl (C=O) groups is 1. The normalized spacial score (nSPS) is 9.86. The highest BCUT2D eigenvalue weighted by molar-refractivity contribution is 5.75. The van der Waals surface area contributed by atoms with E-state index in [-0.39, 0.29) is 11.7 Å². The summed E-state index contributed by atoms with van der Waals surface area (Å²) in [5.41, 5.74) is 0.913. The first-order valence-electron chi connectivity index (χ1n) is 4.73. The zero-order chi connectivity index (χ0) is 10.4. The van der Waals surface area contributed by atoms with Crippen LogP contribution in [-0.2, 0) is 11.3 Å². The minimum atomic E-state index is -0.256. The van der Waals surface area contributed by atoms with Crippen molar-refractivity contribution >= 4 is 5.91 Å². The van der Waals surface area contributed by atoms with E-state index < -0.39 is 0 Å². The van der Waals surface area contributed by atoms with Crippen LogP contribution in [0.15, 0.2) is 24.3 Å². The number of halogens is 1. The molecule has 3 heteroatoms. The summed E-state index contributed by atoms with van der Waals surface area (Å²) in [6.07, 6.45) is 1.39. The molecule has 0 radical (unpaired) electrons. The molecule has 0 saturated carbocycles. The zero-order valence-electron chi connectivity index (χ0n) is 8.22. The van der Waals surface area contributed by atoms with Crippen LogP contribution >= 0.6 is 0 Å². The van der Waals surface area contributed by atoms with Crippen molar-refractivity contribution in [1.82, 2.24) is 5.32 Å². The molecule has 1 amide bonds. The zero-order valence-corrected chi connectivity index (χ0v) is 8.22. The van der Waals surface area contributed by atoms with Gasteiger partial charge in [0.05, 0.1) is 0 Å². The monoisotopic (exact) mass is 195 g/mol. The van der Waals surface area contributed by atoms with Gasteiger partial charge in [-0.25, -0.2) is 4.39 Å². The average Bonchev–Trinajstić information content (AvgIpc) is 2.17. The molecule has 0 aromatic heterocycles. The maximum absolute atomic E-state index is 12.5. The molecule has 0 spiro atoms. The van der Waals surface area contributed by atoms with Gasteiger partial charge in [-0.1, -0.05) is 19.1 Å². The van der Waals surface area contributed by atoms with Gasteiger partial charge < -0.3 is 5.32 Å². The van der Waals surface area contributed by atoms with Crippen LogP contribution in [-0.4, -0.2) is 5.91 Å². The molecule has 1 aromatic carbocycles. The fourth-order valence-corrected chi connectivity index (χ4v) is 1.12. The van der Waals surface area contributed by atoms with Crippen LogP contribution in [0.4, 0.5) is 4.39 Å². The van der Waals surface area contributed by atoms with E-state index in [9.17, 15) is 9.18 Å².